The molecule has 0 bridgehead atoms. The molecule has 5 nitrogen and oxygen atoms in total. The number of carbonyl (C=O) groups is 3. The molecule has 2 aromatic rings. The van der Waals surface area contributed by atoms with Crippen molar-refractivity contribution in [3.05, 3.63) is 62.6 Å². The number of benzene rings is 2. The monoisotopic (exact) mass is 420 g/mol. The van der Waals surface area contributed by atoms with Gasteiger partial charge in [-0.3, -0.25) is 14.4 Å². The van der Waals surface area contributed by atoms with Gasteiger partial charge in [-0.15, -0.1) is 0 Å². The fourth-order valence-corrected chi connectivity index (χ4v) is 3.38. The van der Waals surface area contributed by atoms with Crippen molar-refractivity contribution in [2.24, 2.45) is 0 Å². The van der Waals surface area contributed by atoms with Crippen molar-refractivity contribution in [3.8, 4) is 0 Å². The van der Waals surface area contributed by atoms with Gasteiger partial charge >= 0.3 is 0 Å². The minimum absolute atomic E-state index is 0.243. The minimum atomic E-state index is -0.650. The molecule has 128 valence electrons. The fourth-order valence-electron chi connectivity index (χ4n) is 2.69. The zero-order valence-corrected chi connectivity index (χ0v) is 15.6. The topological polar surface area (TPSA) is 66.5 Å². The highest BCUT2D eigenvalue weighted by atomic mass is 79.9. The molecule has 0 radical (unpaired) electrons. The number of aldehydes is 1. The zero-order valence-electron chi connectivity index (χ0n) is 13.3. The molecular formula is C18H14BrClN2O3. The maximum absolute atomic E-state index is 12.9. The molecule has 3 rings (SSSR count). The van der Waals surface area contributed by atoms with E-state index in [0.29, 0.717) is 26.3 Å². The van der Waals surface area contributed by atoms with Gasteiger partial charge in [-0.1, -0.05) is 39.7 Å². The number of hydrogen-bond donors (Lipinski definition) is 1. The Morgan fingerprint density at radius 2 is 2.00 bits per heavy atom. The molecule has 1 aliphatic heterocycles. The molecule has 2 aromatic carbocycles. The van der Waals surface area contributed by atoms with Gasteiger partial charge in [0.2, 0.25) is 5.91 Å². The van der Waals surface area contributed by atoms with Crippen LogP contribution in [0.2, 0.25) is 5.02 Å². The minimum Gasteiger partial charge on any atom is -0.324 e. The first-order valence-electron chi connectivity index (χ1n) is 7.55. The molecule has 7 heteroatoms. The summed E-state index contributed by atoms with van der Waals surface area (Å²) < 4.78 is 0.645. The summed E-state index contributed by atoms with van der Waals surface area (Å²) in [5, 5.41) is 3.19. The van der Waals surface area contributed by atoms with Gasteiger partial charge in [0.05, 0.1) is 11.3 Å². The molecule has 0 aliphatic carbocycles. The Balaban J connectivity index is 1.98. The summed E-state index contributed by atoms with van der Waals surface area (Å²) in [7, 11) is 0. The van der Waals surface area contributed by atoms with Gasteiger partial charge in [-0.25, -0.2) is 0 Å². The van der Waals surface area contributed by atoms with Crippen molar-refractivity contribution in [1.29, 1.82) is 0 Å². The number of hydrogen-bond acceptors (Lipinski definition) is 3. The van der Waals surface area contributed by atoms with Gasteiger partial charge in [0.15, 0.2) is 6.29 Å². The molecule has 1 N–H and O–H groups in total. The molecular weight excluding hydrogens is 408 g/mol. The maximum Gasteiger partial charge on any atom is 0.256 e. The smallest absolute Gasteiger partial charge is 0.256 e. The normalized spacial score (nSPS) is 16.9. The van der Waals surface area contributed by atoms with Crippen LogP contribution in [0.15, 0.2) is 40.9 Å². The van der Waals surface area contributed by atoms with E-state index in [1.807, 2.05) is 0 Å². The molecule has 0 saturated carbocycles. The Bertz CT molecular complexity index is 885. The molecule has 1 heterocycles. The summed E-state index contributed by atoms with van der Waals surface area (Å²) in [4.78, 5) is 37.8. The summed E-state index contributed by atoms with van der Waals surface area (Å²) in [6.07, 6.45) is 0.751. The van der Waals surface area contributed by atoms with Gasteiger partial charge in [0.25, 0.3) is 5.91 Å². The number of halogens is 2. The number of rotatable bonds is 3. The van der Waals surface area contributed by atoms with Crippen LogP contribution in [0.3, 0.4) is 0 Å². The van der Waals surface area contributed by atoms with E-state index in [-0.39, 0.29) is 18.4 Å². The largest absolute Gasteiger partial charge is 0.324 e. The lowest BCUT2D eigenvalue weighted by Crippen LogP contribution is -2.42. The fraction of sp³-hybridized carbons (Fsp3) is 0.167. The Kier molecular flexibility index (Phi) is 4.92. The van der Waals surface area contributed by atoms with E-state index in [4.69, 9.17) is 11.6 Å². The lowest BCUT2D eigenvalue weighted by atomic mass is 10.1. The highest BCUT2D eigenvalue weighted by molar-refractivity contribution is 9.10. The van der Waals surface area contributed by atoms with E-state index in [9.17, 15) is 14.4 Å². The number of nitrogens with zero attached hydrogens (tertiary/aromatic N) is 1. The standard InChI is InChI=1S/C18H14BrClN2O3/c1-10-17(24)21-16-7-13(20)4-5-14(16)18(25)22(10)8-11-2-3-12(9-23)15(19)6-11/h2-7,9-10H,8H2,1H3,(H,21,24)/t10-/m1/s1. The number of amides is 2. The number of carbonyl (C=O) groups excluding carboxylic acids is 3. The van der Waals surface area contributed by atoms with Gasteiger partial charge in [0.1, 0.15) is 6.04 Å². The SMILES string of the molecule is C[C@@H]1C(=O)Nc2cc(Cl)ccc2C(=O)N1Cc1ccc(C=O)c(Br)c1. The Morgan fingerprint density at radius 3 is 2.68 bits per heavy atom. The maximum atomic E-state index is 12.9. The van der Waals surface area contributed by atoms with E-state index in [2.05, 4.69) is 21.2 Å². The van der Waals surface area contributed by atoms with E-state index >= 15 is 0 Å². The molecule has 2 amide bonds. The van der Waals surface area contributed by atoms with Crippen LogP contribution < -0.4 is 5.32 Å². The van der Waals surface area contributed by atoms with Crippen molar-refractivity contribution in [3.63, 3.8) is 0 Å². The van der Waals surface area contributed by atoms with Gasteiger partial charge in [-0.2, -0.15) is 0 Å². The van der Waals surface area contributed by atoms with E-state index in [0.717, 1.165) is 11.8 Å². The van der Waals surface area contributed by atoms with Crippen LogP contribution in [0.25, 0.3) is 0 Å². The molecule has 0 fully saturated rings. The van der Waals surface area contributed by atoms with Crippen LogP contribution in [-0.2, 0) is 11.3 Å². The second kappa shape index (κ2) is 6.98. The Hall–Kier alpha value is -2.18. The number of anilines is 1. The van der Waals surface area contributed by atoms with Crippen molar-refractivity contribution >= 4 is 51.3 Å². The highest BCUT2D eigenvalue weighted by Gasteiger charge is 2.32. The van der Waals surface area contributed by atoms with Crippen molar-refractivity contribution in [1.82, 2.24) is 4.90 Å². The number of nitrogens with one attached hydrogen (secondary N) is 1. The molecule has 1 aliphatic rings. The highest BCUT2D eigenvalue weighted by Crippen LogP contribution is 2.28. The lowest BCUT2D eigenvalue weighted by Gasteiger charge is -2.26. The van der Waals surface area contributed by atoms with E-state index in [1.54, 1.807) is 43.3 Å². The molecule has 0 aromatic heterocycles. The van der Waals surface area contributed by atoms with Crippen LogP contribution in [0.1, 0.15) is 33.2 Å². The second-order valence-electron chi connectivity index (χ2n) is 5.76. The first-order valence-corrected chi connectivity index (χ1v) is 8.73. The van der Waals surface area contributed by atoms with Crippen LogP contribution in [0.5, 0.6) is 0 Å². The van der Waals surface area contributed by atoms with Gasteiger partial charge in [0, 0.05) is 21.6 Å². The summed E-state index contributed by atoms with van der Waals surface area (Å²) in [6.45, 7) is 1.92. The summed E-state index contributed by atoms with van der Waals surface area (Å²) >= 11 is 9.30. The molecule has 25 heavy (non-hydrogen) atoms. The van der Waals surface area contributed by atoms with Crippen LogP contribution >= 0.6 is 27.5 Å². The predicted molar refractivity (Wildman–Crippen MR) is 98.9 cm³/mol. The summed E-state index contributed by atoms with van der Waals surface area (Å²) in [5.74, 6) is -0.536. The average Bonchev–Trinajstić information content (AvgIpc) is 2.66. The number of fused-ring (bicyclic) bond motifs is 1. The third kappa shape index (κ3) is 3.45. The third-order valence-electron chi connectivity index (χ3n) is 4.12. The quantitative estimate of drug-likeness (QED) is 0.765. The third-order valence-corrected chi connectivity index (χ3v) is 5.04. The van der Waals surface area contributed by atoms with Gasteiger partial charge < -0.3 is 10.2 Å². The predicted octanol–water partition coefficient (Wildman–Crippen LogP) is 3.90. The first kappa shape index (κ1) is 17.6. The van der Waals surface area contributed by atoms with Crippen LogP contribution in [-0.4, -0.2) is 29.0 Å². The van der Waals surface area contributed by atoms with Crippen molar-refractivity contribution < 1.29 is 14.4 Å². The van der Waals surface area contributed by atoms with Crippen LogP contribution in [0.4, 0.5) is 5.69 Å². The van der Waals surface area contributed by atoms with Gasteiger partial charge in [-0.05, 0) is 36.8 Å². The first-order chi connectivity index (χ1) is 11.9. The summed E-state index contributed by atoms with van der Waals surface area (Å²) in [6, 6.07) is 9.36. The zero-order chi connectivity index (χ0) is 18.1. The molecule has 1 atom stereocenters. The Morgan fingerprint density at radius 1 is 1.24 bits per heavy atom. The second-order valence-corrected chi connectivity index (χ2v) is 7.05. The molecule has 0 unspecified atom stereocenters. The lowest BCUT2D eigenvalue weighted by molar-refractivity contribution is -0.120. The van der Waals surface area contributed by atoms with Crippen molar-refractivity contribution in [2.45, 2.75) is 19.5 Å². The summed E-state index contributed by atoms with van der Waals surface area (Å²) in [5.41, 5.74) is 2.14. The van der Waals surface area contributed by atoms with Crippen LogP contribution in [0, 0.1) is 0 Å². The van der Waals surface area contributed by atoms with Crippen molar-refractivity contribution in [2.75, 3.05) is 5.32 Å². The molecule has 0 spiro atoms. The Labute approximate surface area is 158 Å². The van der Waals surface area contributed by atoms with E-state index in [1.165, 1.54) is 4.90 Å². The average molecular weight is 422 g/mol. The van der Waals surface area contributed by atoms with E-state index < -0.39 is 6.04 Å². The molecule has 0 saturated heterocycles.